The van der Waals surface area contributed by atoms with E-state index in [2.05, 4.69) is 17.2 Å². The van der Waals surface area contributed by atoms with Crippen LogP contribution in [0.25, 0.3) is 0 Å². The largest absolute Gasteiger partial charge is 0.437 e. The van der Waals surface area contributed by atoms with E-state index in [0.717, 1.165) is 5.56 Å². The van der Waals surface area contributed by atoms with E-state index in [9.17, 15) is 9.59 Å². The van der Waals surface area contributed by atoms with Gasteiger partial charge in [-0.2, -0.15) is 0 Å². The Hall–Kier alpha value is -2.50. The Morgan fingerprint density at radius 2 is 1.74 bits per heavy atom. The summed E-state index contributed by atoms with van der Waals surface area (Å²) in [7, 11) is 2.95. The smallest absolute Gasteiger partial charge is 0.412 e. The predicted octanol–water partition coefficient (Wildman–Crippen LogP) is 1.99. The molecule has 0 aromatic heterocycles. The summed E-state index contributed by atoms with van der Waals surface area (Å²) in [5, 5.41) is 4.70. The van der Waals surface area contributed by atoms with Crippen LogP contribution >= 0.6 is 0 Å². The zero-order chi connectivity index (χ0) is 14.3. The standard InChI is InChI=1S/C13H16N2O4/c1-4-11(19-13(17)15-3)9-5-7-10(8-6-9)18-12(16)14-2/h4-8,11H,1H2,2-3H3,(H,14,16)(H,15,17)/t11-/m0/s1. The number of amides is 2. The Balaban J connectivity index is 2.75. The second-order valence-corrected chi connectivity index (χ2v) is 3.52. The van der Waals surface area contributed by atoms with Gasteiger partial charge in [-0.05, 0) is 23.8 Å². The molecule has 0 unspecified atom stereocenters. The fourth-order valence-corrected chi connectivity index (χ4v) is 1.31. The number of rotatable bonds is 4. The lowest BCUT2D eigenvalue weighted by atomic mass is 10.1. The summed E-state index contributed by atoms with van der Waals surface area (Å²) in [5.74, 6) is 0.394. The molecule has 19 heavy (non-hydrogen) atoms. The van der Waals surface area contributed by atoms with Crippen LogP contribution < -0.4 is 15.4 Å². The molecule has 1 aromatic carbocycles. The monoisotopic (exact) mass is 264 g/mol. The summed E-state index contributed by atoms with van der Waals surface area (Å²) < 4.78 is 10.0. The summed E-state index contributed by atoms with van der Waals surface area (Å²) in [6.45, 7) is 3.61. The molecule has 1 aromatic rings. The molecule has 2 N–H and O–H groups in total. The van der Waals surface area contributed by atoms with Crippen LogP contribution in [0, 0.1) is 0 Å². The van der Waals surface area contributed by atoms with Gasteiger partial charge in [-0.1, -0.05) is 18.7 Å². The molecule has 1 rings (SSSR count). The van der Waals surface area contributed by atoms with E-state index in [-0.39, 0.29) is 0 Å². The normalized spacial score (nSPS) is 11.1. The SMILES string of the molecule is C=C[C@H](OC(=O)NC)c1ccc(OC(=O)NC)cc1. The van der Waals surface area contributed by atoms with Crippen molar-refractivity contribution in [2.45, 2.75) is 6.10 Å². The van der Waals surface area contributed by atoms with Crippen molar-refractivity contribution in [3.8, 4) is 5.75 Å². The second-order valence-electron chi connectivity index (χ2n) is 3.52. The van der Waals surface area contributed by atoms with Crippen LogP contribution in [0.3, 0.4) is 0 Å². The number of nitrogens with one attached hydrogen (secondary N) is 2. The third kappa shape index (κ3) is 4.34. The highest BCUT2D eigenvalue weighted by Crippen LogP contribution is 2.21. The number of carbonyl (C=O) groups is 2. The van der Waals surface area contributed by atoms with E-state index in [0.29, 0.717) is 5.75 Å². The third-order valence-electron chi connectivity index (χ3n) is 2.28. The molecule has 0 aliphatic heterocycles. The Labute approximate surface area is 111 Å². The molecular formula is C13H16N2O4. The summed E-state index contributed by atoms with van der Waals surface area (Å²) in [4.78, 5) is 22.2. The molecule has 6 heteroatoms. The molecule has 0 fully saturated rings. The fourth-order valence-electron chi connectivity index (χ4n) is 1.31. The zero-order valence-electron chi connectivity index (χ0n) is 10.8. The summed E-state index contributed by atoms with van der Waals surface area (Å²) in [6.07, 6.45) is -0.150. The number of carbonyl (C=O) groups excluding carboxylic acids is 2. The van der Waals surface area contributed by atoms with E-state index >= 15 is 0 Å². The van der Waals surface area contributed by atoms with Crippen molar-refractivity contribution in [2.75, 3.05) is 14.1 Å². The Kier molecular flexibility index (Phi) is 5.40. The lowest BCUT2D eigenvalue weighted by molar-refractivity contribution is 0.122. The van der Waals surface area contributed by atoms with Gasteiger partial charge >= 0.3 is 12.2 Å². The molecule has 0 radical (unpaired) electrons. The highest BCUT2D eigenvalue weighted by Gasteiger charge is 2.12. The molecule has 2 amide bonds. The maximum Gasteiger partial charge on any atom is 0.412 e. The van der Waals surface area contributed by atoms with E-state index in [1.807, 2.05) is 0 Å². The first-order chi connectivity index (χ1) is 9.10. The van der Waals surface area contributed by atoms with Crippen LogP contribution in [-0.4, -0.2) is 26.3 Å². The van der Waals surface area contributed by atoms with Gasteiger partial charge in [0, 0.05) is 14.1 Å². The van der Waals surface area contributed by atoms with Crippen LogP contribution in [-0.2, 0) is 4.74 Å². The first kappa shape index (κ1) is 14.6. The maximum absolute atomic E-state index is 11.1. The number of ether oxygens (including phenoxy) is 2. The predicted molar refractivity (Wildman–Crippen MR) is 70.0 cm³/mol. The van der Waals surface area contributed by atoms with Gasteiger partial charge in [0.1, 0.15) is 11.9 Å². The first-order valence-corrected chi connectivity index (χ1v) is 5.61. The fraction of sp³-hybridized carbons (Fsp3) is 0.231. The van der Waals surface area contributed by atoms with Crippen LogP contribution in [0.4, 0.5) is 9.59 Å². The Bertz CT molecular complexity index is 456. The number of alkyl carbamates (subject to hydrolysis) is 1. The molecule has 0 aliphatic carbocycles. The molecule has 0 saturated carbocycles. The molecule has 1 atom stereocenters. The molecule has 0 bridgehead atoms. The van der Waals surface area contributed by atoms with Crippen molar-refractivity contribution in [1.82, 2.24) is 10.6 Å². The lowest BCUT2D eigenvalue weighted by Crippen LogP contribution is -2.22. The summed E-state index contributed by atoms with van der Waals surface area (Å²) in [5.41, 5.74) is 0.725. The number of benzene rings is 1. The summed E-state index contributed by atoms with van der Waals surface area (Å²) in [6, 6.07) is 6.59. The van der Waals surface area contributed by atoms with Crippen LogP contribution in [0.2, 0.25) is 0 Å². The molecular weight excluding hydrogens is 248 g/mol. The van der Waals surface area contributed by atoms with Gasteiger partial charge in [-0.25, -0.2) is 9.59 Å². The van der Waals surface area contributed by atoms with Gasteiger partial charge in [0.25, 0.3) is 0 Å². The van der Waals surface area contributed by atoms with Crippen molar-refractivity contribution in [2.24, 2.45) is 0 Å². The third-order valence-corrected chi connectivity index (χ3v) is 2.28. The molecule has 102 valence electrons. The molecule has 0 spiro atoms. The average molecular weight is 264 g/mol. The Morgan fingerprint density at radius 1 is 1.16 bits per heavy atom. The molecule has 0 heterocycles. The van der Waals surface area contributed by atoms with Crippen molar-refractivity contribution in [1.29, 1.82) is 0 Å². The van der Waals surface area contributed by atoms with E-state index in [1.165, 1.54) is 20.2 Å². The maximum atomic E-state index is 11.1. The minimum Gasteiger partial charge on any atom is -0.437 e. The van der Waals surface area contributed by atoms with Crippen LogP contribution in [0.5, 0.6) is 5.75 Å². The van der Waals surface area contributed by atoms with Crippen molar-refractivity contribution in [3.05, 3.63) is 42.5 Å². The van der Waals surface area contributed by atoms with Crippen LogP contribution in [0.15, 0.2) is 36.9 Å². The average Bonchev–Trinajstić information content (AvgIpc) is 2.45. The van der Waals surface area contributed by atoms with Gasteiger partial charge in [0.2, 0.25) is 0 Å². The second kappa shape index (κ2) is 7.05. The van der Waals surface area contributed by atoms with Crippen molar-refractivity contribution >= 4 is 12.2 Å². The van der Waals surface area contributed by atoms with Crippen LogP contribution in [0.1, 0.15) is 11.7 Å². The molecule has 0 aliphatic rings. The zero-order valence-corrected chi connectivity index (χ0v) is 10.8. The van der Waals surface area contributed by atoms with E-state index in [4.69, 9.17) is 9.47 Å². The highest BCUT2D eigenvalue weighted by molar-refractivity contribution is 5.70. The Morgan fingerprint density at radius 3 is 2.21 bits per heavy atom. The number of hydrogen-bond acceptors (Lipinski definition) is 4. The summed E-state index contributed by atoms with van der Waals surface area (Å²) >= 11 is 0. The van der Waals surface area contributed by atoms with Gasteiger partial charge in [0.15, 0.2) is 0 Å². The minimum atomic E-state index is -0.561. The van der Waals surface area contributed by atoms with Gasteiger partial charge in [0.05, 0.1) is 0 Å². The van der Waals surface area contributed by atoms with Crippen molar-refractivity contribution < 1.29 is 19.1 Å². The minimum absolute atomic E-state index is 0.394. The number of hydrogen-bond donors (Lipinski definition) is 2. The first-order valence-electron chi connectivity index (χ1n) is 5.61. The molecule has 6 nitrogen and oxygen atoms in total. The van der Waals surface area contributed by atoms with Gasteiger partial charge in [-0.15, -0.1) is 0 Å². The van der Waals surface area contributed by atoms with E-state index in [1.54, 1.807) is 24.3 Å². The quantitative estimate of drug-likeness (QED) is 0.815. The topological polar surface area (TPSA) is 76.7 Å². The van der Waals surface area contributed by atoms with E-state index < -0.39 is 18.3 Å². The van der Waals surface area contributed by atoms with Crippen molar-refractivity contribution in [3.63, 3.8) is 0 Å². The molecule has 0 saturated heterocycles. The highest BCUT2D eigenvalue weighted by atomic mass is 16.6. The van der Waals surface area contributed by atoms with Gasteiger partial charge < -0.3 is 20.1 Å². The lowest BCUT2D eigenvalue weighted by Gasteiger charge is -2.14. The van der Waals surface area contributed by atoms with Gasteiger partial charge in [-0.3, -0.25) is 0 Å².